The van der Waals surface area contributed by atoms with Gasteiger partial charge in [0.1, 0.15) is 28.6 Å². The maximum absolute atomic E-state index is 14.1. The van der Waals surface area contributed by atoms with E-state index in [2.05, 4.69) is 11.4 Å². The van der Waals surface area contributed by atoms with Gasteiger partial charge in [0.25, 0.3) is 5.91 Å². The quantitative estimate of drug-likeness (QED) is 0.190. The van der Waals surface area contributed by atoms with E-state index in [1.165, 1.54) is 18.1 Å². The van der Waals surface area contributed by atoms with Gasteiger partial charge in [-0.05, 0) is 67.7 Å². The molecule has 7 N–H and O–H groups in total. The zero-order valence-corrected chi connectivity index (χ0v) is 24.5. The summed E-state index contributed by atoms with van der Waals surface area (Å²) in [5, 5.41) is 57.2. The fourth-order valence-electron chi connectivity index (χ4n) is 6.96. The Hall–Kier alpha value is -4.70. The lowest BCUT2D eigenvalue weighted by Crippen LogP contribution is -2.63. The summed E-state index contributed by atoms with van der Waals surface area (Å²) in [4.78, 5) is 41.3. The van der Waals surface area contributed by atoms with Crippen LogP contribution >= 0.6 is 0 Å². The maximum Gasteiger partial charge on any atom is 0.255 e. The number of aliphatic hydroxyl groups excluding tert-OH is 2. The van der Waals surface area contributed by atoms with Gasteiger partial charge in [0.15, 0.2) is 11.4 Å². The number of benzene rings is 2. The van der Waals surface area contributed by atoms with Crippen molar-refractivity contribution in [3.63, 3.8) is 0 Å². The summed E-state index contributed by atoms with van der Waals surface area (Å²) in [6.45, 7) is 0.989. The smallest absolute Gasteiger partial charge is 0.255 e. The van der Waals surface area contributed by atoms with Crippen LogP contribution in [0.5, 0.6) is 11.5 Å². The van der Waals surface area contributed by atoms with Crippen LogP contribution in [-0.4, -0.2) is 82.2 Å². The summed E-state index contributed by atoms with van der Waals surface area (Å²) in [6, 6.07) is 9.62. The summed E-state index contributed by atoms with van der Waals surface area (Å²) in [5.41, 5.74) is 4.20. The molecule has 0 aliphatic heterocycles. The summed E-state index contributed by atoms with van der Waals surface area (Å²) < 4.78 is 5.64. The summed E-state index contributed by atoms with van der Waals surface area (Å²) in [5.74, 6) is -6.49. The zero-order chi connectivity index (χ0) is 32.1. The molecule has 44 heavy (non-hydrogen) atoms. The second-order valence-electron chi connectivity index (χ2n) is 11.6. The first-order valence-corrected chi connectivity index (χ1v) is 14.1. The van der Waals surface area contributed by atoms with E-state index >= 15 is 0 Å². The van der Waals surface area contributed by atoms with Crippen molar-refractivity contribution in [2.75, 3.05) is 27.7 Å². The number of ketones is 2. The van der Waals surface area contributed by atoms with Gasteiger partial charge in [0, 0.05) is 36.6 Å². The van der Waals surface area contributed by atoms with E-state index in [1.54, 1.807) is 26.2 Å². The molecule has 0 bridgehead atoms. The largest absolute Gasteiger partial charge is 0.510 e. The van der Waals surface area contributed by atoms with Gasteiger partial charge in [-0.25, -0.2) is 0 Å². The molecule has 5 rings (SSSR count). The van der Waals surface area contributed by atoms with Crippen LogP contribution in [0.15, 0.2) is 53.0 Å². The lowest BCUT2D eigenvalue weighted by Gasteiger charge is -2.50. The van der Waals surface area contributed by atoms with Gasteiger partial charge in [-0.1, -0.05) is 12.1 Å². The van der Waals surface area contributed by atoms with Crippen LogP contribution in [0.1, 0.15) is 34.3 Å². The molecule has 0 spiro atoms. The Morgan fingerprint density at radius 3 is 2.55 bits per heavy atom. The molecule has 1 amide bonds. The number of hydrogen-bond acceptors (Lipinski definition) is 11. The number of aromatic hydroxyl groups is 1. The third kappa shape index (κ3) is 4.61. The molecule has 0 saturated carbocycles. The molecule has 0 unspecified atom stereocenters. The number of hydrogen-bond donors (Lipinski definition) is 6. The van der Waals surface area contributed by atoms with Crippen molar-refractivity contribution in [3.05, 3.63) is 69.7 Å². The predicted octanol–water partition coefficient (Wildman–Crippen LogP) is 1.80. The first-order valence-electron chi connectivity index (χ1n) is 14.1. The molecule has 12 nitrogen and oxygen atoms in total. The highest BCUT2D eigenvalue weighted by atomic mass is 16.5. The highest BCUT2D eigenvalue weighted by molar-refractivity contribution is 6.25. The average molecular weight is 603 g/mol. The minimum atomic E-state index is -2.70. The van der Waals surface area contributed by atoms with E-state index in [9.17, 15) is 34.8 Å². The van der Waals surface area contributed by atoms with Gasteiger partial charge in [-0.2, -0.15) is 5.26 Å². The second kappa shape index (κ2) is 11.4. The average Bonchev–Trinajstić information content (AvgIpc) is 2.97. The molecule has 0 radical (unpaired) electrons. The fourth-order valence-corrected chi connectivity index (χ4v) is 6.96. The van der Waals surface area contributed by atoms with Crippen LogP contribution in [0, 0.1) is 23.2 Å². The van der Waals surface area contributed by atoms with Gasteiger partial charge in [-0.3, -0.25) is 19.3 Å². The third-order valence-corrected chi connectivity index (χ3v) is 8.90. The number of nitrogens with zero attached hydrogens (tertiary/aromatic N) is 2. The van der Waals surface area contributed by atoms with Crippen molar-refractivity contribution in [1.29, 1.82) is 5.26 Å². The van der Waals surface area contributed by atoms with Gasteiger partial charge in [0.2, 0.25) is 5.78 Å². The number of ether oxygens (including phenoxy) is 1. The number of methoxy groups -OCH3 is 1. The first-order chi connectivity index (χ1) is 20.9. The summed E-state index contributed by atoms with van der Waals surface area (Å²) >= 11 is 0. The SMILES string of the molecule is COc1ccc(CNCCC#N)cc1-c1ccc(O)c2c1C[C@@H]1C[C@@H]3[C@@H](N(C)C)C(O)=C(C(N)=O)C(=O)[C@@]3(O)C(O)=C1C2=O. The van der Waals surface area contributed by atoms with Gasteiger partial charge < -0.3 is 36.2 Å². The number of nitrogens with two attached hydrogens (primary N) is 1. The Balaban J connectivity index is 1.66. The number of Topliss-reactive ketones (excluding diaryl/α,β-unsaturated/α-hetero) is 2. The number of nitrogens with one attached hydrogen (secondary N) is 1. The maximum atomic E-state index is 14.1. The van der Waals surface area contributed by atoms with Crippen molar-refractivity contribution in [1.82, 2.24) is 10.2 Å². The Labute approximate surface area is 253 Å². The van der Waals surface area contributed by atoms with Crippen molar-refractivity contribution < 1.29 is 39.5 Å². The van der Waals surface area contributed by atoms with Gasteiger partial charge >= 0.3 is 0 Å². The van der Waals surface area contributed by atoms with Crippen LogP contribution < -0.4 is 15.8 Å². The molecule has 0 saturated heterocycles. The number of rotatable bonds is 8. The number of nitriles is 1. The molecule has 3 aliphatic rings. The molecule has 2 aromatic rings. The van der Waals surface area contributed by atoms with E-state index in [0.717, 1.165) is 5.56 Å². The molecule has 0 heterocycles. The van der Waals surface area contributed by atoms with Crippen molar-refractivity contribution >= 4 is 17.5 Å². The number of primary amides is 1. The van der Waals surface area contributed by atoms with Gasteiger partial charge in [0.05, 0.1) is 24.8 Å². The Morgan fingerprint density at radius 1 is 1.18 bits per heavy atom. The molecule has 4 atom stereocenters. The highest BCUT2D eigenvalue weighted by Crippen LogP contribution is 2.53. The Bertz CT molecular complexity index is 1690. The number of fused-ring (bicyclic) bond motifs is 3. The molecule has 2 aromatic carbocycles. The predicted molar refractivity (Wildman–Crippen MR) is 158 cm³/mol. The fraction of sp³-hybridized carbons (Fsp3) is 0.375. The summed E-state index contributed by atoms with van der Waals surface area (Å²) in [7, 11) is 4.68. The minimum absolute atomic E-state index is 0.0131. The lowest BCUT2D eigenvalue weighted by atomic mass is 9.58. The number of carbonyl (C=O) groups is 3. The third-order valence-electron chi connectivity index (χ3n) is 8.90. The minimum Gasteiger partial charge on any atom is -0.510 e. The number of phenolic OH excluding ortho intramolecular Hbond substituents is 1. The van der Waals surface area contributed by atoms with Gasteiger partial charge in [-0.15, -0.1) is 0 Å². The van der Waals surface area contributed by atoms with E-state index in [1.807, 2.05) is 12.1 Å². The number of amides is 1. The molecule has 230 valence electrons. The van der Waals surface area contributed by atoms with Crippen molar-refractivity contribution in [2.45, 2.75) is 37.5 Å². The van der Waals surface area contributed by atoms with Crippen molar-refractivity contribution in [3.8, 4) is 28.7 Å². The first kappa shape index (κ1) is 30.7. The molecule has 0 fully saturated rings. The zero-order valence-electron chi connectivity index (χ0n) is 24.5. The summed E-state index contributed by atoms with van der Waals surface area (Å²) in [6.07, 6.45) is 0.488. The number of aliphatic hydroxyl groups is 3. The van der Waals surface area contributed by atoms with Crippen LogP contribution in [0.4, 0.5) is 0 Å². The monoisotopic (exact) mass is 602 g/mol. The number of allylic oxidation sites excluding steroid dienone is 1. The topological polar surface area (TPSA) is 206 Å². The number of phenols is 1. The molecule has 3 aliphatic carbocycles. The van der Waals surface area contributed by atoms with Crippen LogP contribution in [0.25, 0.3) is 11.1 Å². The van der Waals surface area contributed by atoms with E-state index < -0.39 is 58.0 Å². The van der Waals surface area contributed by atoms with E-state index in [4.69, 9.17) is 15.7 Å². The normalized spacial score (nSPS) is 24.5. The Morgan fingerprint density at radius 2 is 1.91 bits per heavy atom. The van der Waals surface area contributed by atoms with Crippen molar-refractivity contribution in [2.24, 2.45) is 17.6 Å². The standard InChI is InChI=1S/C32H34N4O8/c1-36(2)26-20-13-16-12-19-17(18-11-15(5-8-22(18)44-3)14-35-10-4-9-33)6-7-21(37)24(19)27(38)23(16)29(40)32(20,43)30(41)25(28(26)39)31(34)42/h5-8,11,16,20,26,35,37,39-40,43H,4,10,12-14H2,1-3H3,(H2,34,42)/t16-,20-,26-,32+/m1/s1. The van der Waals surface area contributed by atoms with E-state index in [-0.39, 0.29) is 29.7 Å². The number of likely N-dealkylation sites (N-methyl/N-ethyl adjacent to an activating group) is 1. The molecule has 12 heteroatoms. The van der Waals surface area contributed by atoms with Crippen LogP contribution in [0.2, 0.25) is 0 Å². The van der Waals surface area contributed by atoms with Crippen LogP contribution in [-0.2, 0) is 22.6 Å². The van der Waals surface area contributed by atoms with Crippen LogP contribution in [0.3, 0.4) is 0 Å². The van der Waals surface area contributed by atoms with E-state index in [0.29, 0.717) is 42.0 Å². The molecular formula is C32H34N4O8. The molecular weight excluding hydrogens is 568 g/mol. The Kier molecular flexibility index (Phi) is 7.98. The molecule has 0 aromatic heterocycles. The second-order valence-corrected chi connectivity index (χ2v) is 11.6. The highest BCUT2D eigenvalue weighted by Gasteiger charge is 2.63. The number of carbonyl (C=O) groups excluding carboxylic acids is 3. The lowest BCUT2D eigenvalue weighted by molar-refractivity contribution is -0.148.